The normalized spacial score (nSPS) is 11.4. The standard InChI is InChI=1S/C18H13N.C6H14O2.BH3O3/c1-2-6-13(7-3-1)14-10-11-18-16(12-14)15-8-4-5-9-17(15)19-18;1-5(2,7)6(3,4)8;2-1(3)4/h1-12,19H;7-8H,1-4H3;2-4H. The minimum absolute atomic E-state index is 1.01. The van der Waals surface area contributed by atoms with Crippen LogP contribution >= 0.6 is 0 Å². The van der Waals surface area contributed by atoms with E-state index in [1.54, 1.807) is 27.7 Å². The Bertz CT molecular complexity index is 1080. The van der Waals surface area contributed by atoms with E-state index in [0.29, 0.717) is 0 Å². The summed E-state index contributed by atoms with van der Waals surface area (Å²) in [5.41, 5.74) is 2.90. The van der Waals surface area contributed by atoms with E-state index in [1.165, 1.54) is 32.9 Å². The molecule has 4 aromatic rings. The maximum Gasteiger partial charge on any atom is 0.631 e. The fraction of sp³-hybridized carbons (Fsp3) is 0.250. The lowest BCUT2D eigenvalue weighted by molar-refractivity contribution is -0.107. The van der Waals surface area contributed by atoms with E-state index >= 15 is 0 Å². The largest absolute Gasteiger partial charge is 0.631 e. The Hall–Kier alpha value is -2.68. The van der Waals surface area contributed by atoms with Crippen molar-refractivity contribution in [1.82, 2.24) is 4.98 Å². The third kappa shape index (κ3) is 6.92. The first-order chi connectivity index (χ1) is 14.4. The van der Waals surface area contributed by atoms with E-state index in [0.717, 1.165) is 0 Å². The first-order valence-corrected chi connectivity index (χ1v) is 9.95. The predicted octanol–water partition coefficient (Wildman–Crippen LogP) is 3.46. The molecular formula is C24H30BNO5. The van der Waals surface area contributed by atoms with Crippen LogP contribution < -0.4 is 0 Å². The lowest BCUT2D eigenvalue weighted by Crippen LogP contribution is -2.44. The molecular weight excluding hydrogens is 393 g/mol. The Morgan fingerprint density at radius 1 is 0.613 bits per heavy atom. The summed E-state index contributed by atoms with van der Waals surface area (Å²) in [7, 11) is -2.17. The monoisotopic (exact) mass is 423 g/mol. The first-order valence-electron chi connectivity index (χ1n) is 9.95. The first kappa shape index (κ1) is 24.6. The molecule has 0 unspecified atom stereocenters. The Balaban J connectivity index is 0.000000240. The van der Waals surface area contributed by atoms with E-state index in [-0.39, 0.29) is 0 Å². The van der Waals surface area contributed by atoms with Crippen molar-refractivity contribution in [2.75, 3.05) is 0 Å². The molecule has 0 aliphatic heterocycles. The number of aromatic amines is 1. The summed E-state index contributed by atoms with van der Waals surface area (Å²) in [6.45, 7) is 6.31. The van der Waals surface area contributed by atoms with Gasteiger partial charge in [0.1, 0.15) is 0 Å². The number of hydrogen-bond donors (Lipinski definition) is 6. The molecule has 6 nitrogen and oxygen atoms in total. The topological polar surface area (TPSA) is 117 Å². The van der Waals surface area contributed by atoms with Crippen molar-refractivity contribution < 1.29 is 25.3 Å². The van der Waals surface area contributed by atoms with Gasteiger partial charge < -0.3 is 30.3 Å². The number of fused-ring (bicyclic) bond motifs is 3. The van der Waals surface area contributed by atoms with Crippen LogP contribution in [0.4, 0.5) is 0 Å². The number of rotatable bonds is 2. The molecule has 1 heterocycles. The van der Waals surface area contributed by atoms with Crippen molar-refractivity contribution in [3.63, 3.8) is 0 Å². The van der Waals surface area contributed by atoms with Gasteiger partial charge in [0, 0.05) is 21.8 Å². The van der Waals surface area contributed by atoms with Crippen molar-refractivity contribution in [2.45, 2.75) is 38.9 Å². The molecule has 0 aliphatic carbocycles. The van der Waals surface area contributed by atoms with Gasteiger partial charge in [0.15, 0.2) is 0 Å². The van der Waals surface area contributed by atoms with Crippen LogP contribution in [0.15, 0.2) is 72.8 Å². The molecule has 0 aliphatic rings. The van der Waals surface area contributed by atoms with Crippen LogP contribution in [0, 0.1) is 0 Å². The zero-order valence-corrected chi connectivity index (χ0v) is 18.2. The van der Waals surface area contributed by atoms with Crippen LogP contribution in [0.1, 0.15) is 27.7 Å². The van der Waals surface area contributed by atoms with Crippen LogP contribution in [0.2, 0.25) is 0 Å². The van der Waals surface area contributed by atoms with Crippen molar-refractivity contribution in [1.29, 1.82) is 0 Å². The Labute approximate surface area is 182 Å². The van der Waals surface area contributed by atoms with Crippen molar-refractivity contribution in [2.24, 2.45) is 0 Å². The molecule has 0 amide bonds. The predicted molar refractivity (Wildman–Crippen MR) is 126 cm³/mol. The summed E-state index contributed by atoms with van der Waals surface area (Å²) in [5, 5.41) is 42.3. The third-order valence-electron chi connectivity index (χ3n) is 5.11. The van der Waals surface area contributed by atoms with Crippen LogP contribution in [0.5, 0.6) is 0 Å². The third-order valence-corrected chi connectivity index (χ3v) is 5.11. The second-order valence-corrected chi connectivity index (χ2v) is 8.26. The lowest BCUT2D eigenvalue weighted by Gasteiger charge is -2.31. The average molecular weight is 423 g/mol. The fourth-order valence-corrected chi connectivity index (χ4v) is 2.66. The zero-order chi connectivity index (χ0) is 23.2. The maximum absolute atomic E-state index is 9.10. The van der Waals surface area contributed by atoms with Gasteiger partial charge in [0.2, 0.25) is 0 Å². The number of aromatic nitrogens is 1. The van der Waals surface area contributed by atoms with Gasteiger partial charge in [-0.05, 0) is 57.0 Å². The molecule has 0 spiro atoms. The smallest absolute Gasteiger partial charge is 0.402 e. The highest BCUT2D eigenvalue weighted by Gasteiger charge is 2.31. The van der Waals surface area contributed by atoms with Crippen LogP contribution in [-0.4, -0.2) is 48.8 Å². The van der Waals surface area contributed by atoms with Crippen molar-refractivity contribution in [3.05, 3.63) is 72.8 Å². The molecule has 0 bridgehead atoms. The SMILES string of the molecule is CC(C)(O)C(C)(C)O.OB(O)O.c1ccc(-c2ccc3[nH]c4ccccc4c3c2)cc1. The molecule has 31 heavy (non-hydrogen) atoms. The van der Waals surface area contributed by atoms with Gasteiger partial charge in [-0.1, -0.05) is 54.6 Å². The van der Waals surface area contributed by atoms with Gasteiger partial charge in [-0.15, -0.1) is 0 Å². The number of nitrogens with one attached hydrogen (secondary N) is 1. The molecule has 1 aromatic heterocycles. The van der Waals surface area contributed by atoms with E-state index in [2.05, 4.69) is 71.7 Å². The molecule has 0 fully saturated rings. The van der Waals surface area contributed by atoms with E-state index in [4.69, 9.17) is 25.3 Å². The summed E-state index contributed by atoms with van der Waals surface area (Å²) < 4.78 is 0. The molecule has 164 valence electrons. The molecule has 3 aromatic carbocycles. The Morgan fingerprint density at radius 2 is 1.10 bits per heavy atom. The number of para-hydroxylation sites is 1. The highest BCUT2D eigenvalue weighted by atomic mass is 16.5. The van der Waals surface area contributed by atoms with Gasteiger partial charge in [-0.25, -0.2) is 0 Å². The van der Waals surface area contributed by atoms with Crippen molar-refractivity contribution in [3.8, 4) is 11.1 Å². The van der Waals surface area contributed by atoms with Crippen LogP contribution in [-0.2, 0) is 0 Å². The lowest BCUT2D eigenvalue weighted by atomic mass is 9.90. The number of hydrogen-bond acceptors (Lipinski definition) is 5. The molecule has 4 rings (SSSR count). The van der Waals surface area contributed by atoms with Gasteiger partial charge >= 0.3 is 7.32 Å². The molecule has 0 atom stereocenters. The molecule has 0 radical (unpaired) electrons. The average Bonchev–Trinajstić information content (AvgIpc) is 3.05. The van der Waals surface area contributed by atoms with Crippen molar-refractivity contribution >= 4 is 29.1 Å². The minimum Gasteiger partial charge on any atom is -0.402 e. The summed E-state index contributed by atoms with van der Waals surface area (Å²) in [4.78, 5) is 3.46. The van der Waals surface area contributed by atoms with Gasteiger partial charge in [-0.3, -0.25) is 0 Å². The van der Waals surface area contributed by atoms with E-state index in [1.807, 2.05) is 6.07 Å². The molecule has 6 N–H and O–H groups in total. The molecule has 0 saturated heterocycles. The summed E-state index contributed by atoms with van der Waals surface area (Å²) in [6, 6.07) is 25.6. The number of H-pyrrole nitrogens is 1. The van der Waals surface area contributed by atoms with Gasteiger partial charge in [-0.2, -0.15) is 0 Å². The molecule has 7 heteroatoms. The van der Waals surface area contributed by atoms with Crippen LogP contribution in [0.25, 0.3) is 32.9 Å². The highest BCUT2D eigenvalue weighted by molar-refractivity contribution is 6.30. The highest BCUT2D eigenvalue weighted by Crippen LogP contribution is 2.29. The minimum atomic E-state index is -2.17. The summed E-state index contributed by atoms with van der Waals surface area (Å²) in [5.74, 6) is 0. The molecule has 0 saturated carbocycles. The summed E-state index contributed by atoms with van der Waals surface area (Å²) in [6.07, 6.45) is 0. The Kier molecular flexibility index (Phi) is 8.00. The van der Waals surface area contributed by atoms with E-state index < -0.39 is 18.5 Å². The fourth-order valence-electron chi connectivity index (χ4n) is 2.66. The Morgan fingerprint density at radius 3 is 1.65 bits per heavy atom. The summed E-state index contributed by atoms with van der Waals surface area (Å²) >= 11 is 0. The number of aliphatic hydroxyl groups is 2. The van der Waals surface area contributed by atoms with Gasteiger partial charge in [0.25, 0.3) is 0 Å². The maximum atomic E-state index is 9.10. The van der Waals surface area contributed by atoms with Crippen LogP contribution in [0.3, 0.4) is 0 Å². The van der Waals surface area contributed by atoms with E-state index in [9.17, 15) is 0 Å². The number of benzene rings is 3. The zero-order valence-electron chi connectivity index (χ0n) is 18.2. The second kappa shape index (κ2) is 10.1. The quantitative estimate of drug-likeness (QED) is 0.276. The second-order valence-electron chi connectivity index (χ2n) is 8.26. The van der Waals surface area contributed by atoms with Gasteiger partial charge in [0.05, 0.1) is 11.2 Å².